The van der Waals surface area contributed by atoms with Crippen LogP contribution in [-0.4, -0.2) is 6.54 Å². The summed E-state index contributed by atoms with van der Waals surface area (Å²) in [6, 6.07) is 12.7. The van der Waals surface area contributed by atoms with Crippen LogP contribution in [0.15, 0.2) is 42.5 Å². The summed E-state index contributed by atoms with van der Waals surface area (Å²) in [7, 11) is 0. The average molecular weight is 269 g/mol. The van der Waals surface area contributed by atoms with E-state index in [4.69, 9.17) is 10.5 Å². The molecule has 102 valence electrons. The van der Waals surface area contributed by atoms with Crippen molar-refractivity contribution < 1.29 is 9.13 Å². The summed E-state index contributed by atoms with van der Waals surface area (Å²) in [4.78, 5) is 0. The van der Waals surface area contributed by atoms with Crippen molar-refractivity contribution in [3.63, 3.8) is 0 Å². The third-order valence-electron chi connectivity index (χ3n) is 2.81. The van der Waals surface area contributed by atoms with E-state index in [1.54, 1.807) is 25.1 Å². The third-order valence-corrected chi connectivity index (χ3v) is 2.81. The Morgan fingerprint density at radius 3 is 2.80 bits per heavy atom. The van der Waals surface area contributed by atoms with E-state index in [0.717, 1.165) is 11.1 Å². The van der Waals surface area contributed by atoms with Gasteiger partial charge >= 0.3 is 0 Å². The smallest absolute Gasteiger partial charge is 0.167 e. The van der Waals surface area contributed by atoms with Crippen LogP contribution in [0.25, 0.3) is 0 Å². The molecule has 0 fully saturated rings. The first-order valence-corrected chi connectivity index (χ1v) is 6.36. The second-order valence-corrected chi connectivity index (χ2v) is 4.38. The van der Waals surface area contributed by atoms with Crippen LogP contribution in [0.4, 0.5) is 4.39 Å². The molecule has 0 saturated heterocycles. The number of rotatable bonds is 3. The average Bonchev–Trinajstić information content (AvgIpc) is 2.47. The Balaban J connectivity index is 2.09. The third kappa shape index (κ3) is 3.59. The molecule has 0 unspecified atom stereocenters. The first-order chi connectivity index (χ1) is 9.70. The van der Waals surface area contributed by atoms with E-state index in [2.05, 4.69) is 11.8 Å². The maximum absolute atomic E-state index is 13.8. The molecule has 3 heteroatoms. The van der Waals surface area contributed by atoms with Crippen molar-refractivity contribution in [3.05, 3.63) is 65.0 Å². The molecule has 0 amide bonds. The predicted molar refractivity (Wildman–Crippen MR) is 77.8 cm³/mol. The molecule has 2 aromatic carbocycles. The predicted octanol–water partition coefficient (Wildman–Crippen LogP) is 3.02. The summed E-state index contributed by atoms with van der Waals surface area (Å²) < 4.78 is 19.3. The molecule has 0 aromatic heterocycles. The van der Waals surface area contributed by atoms with E-state index in [0.29, 0.717) is 18.7 Å². The van der Waals surface area contributed by atoms with Crippen LogP contribution in [0.2, 0.25) is 0 Å². The molecule has 0 saturated carbocycles. The van der Waals surface area contributed by atoms with E-state index in [9.17, 15) is 4.39 Å². The van der Waals surface area contributed by atoms with Crippen LogP contribution in [0.5, 0.6) is 5.75 Å². The van der Waals surface area contributed by atoms with Crippen molar-refractivity contribution in [2.45, 2.75) is 13.5 Å². The zero-order valence-electron chi connectivity index (χ0n) is 11.3. The van der Waals surface area contributed by atoms with Gasteiger partial charge in [0.1, 0.15) is 6.61 Å². The van der Waals surface area contributed by atoms with E-state index in [1.807, 2.05) is 24.3 Å². The Bertz CT molecular complexity index is 656. The zero-order chi connectivity index (χ0) is 14.4. The Morgan fingerprint density at radius 2 is 2.00 bits per heavy atom. The summed E-state index contributed by atoms with van der Waals surface area (Å²) in [6.07, 6.45) is 0. The van der Waals surface area contributed by atoms with Gasteiger partial charge in [-0.25, -0.2) is 4.39 Å². The fraction of sp³-hybridized carbons (Fsp3) is 0.176. The van der Waals surface area contributed by atoms with Crippen molar-refractivity contribution in [2.75, 3.05) is 6.54 Å². The first-order valence-electron chi connectivity index (χ1n) is 6.36. The topological polar surface area (TPSA) is 35.2 Å². The van der Waals surface area contributed by atoms with Gasteiger partial charge in [0, 0.05) is 5.56 Å². The van der Waals surface area contributed by atoms with Gasteiger partial charge in [-0.1, -0.05) is 36.1 Å². The van der Waals surface area contributed by atoms with E-state index < -0.39 is 0 Å². The fourth-order valence-corrected chi connectivity index (χ4v) is 1.79. The lowest BCUT2D eigenvalue weighted by atomic mass is 10.1. The highest BCUT2D eigenvalue weighted by Gasteiger charge is 2.05. The minimum Gasteiger partial charge on any atom is -0.486 e. The lowest BCUT2D eigenvalue weighted by Gasteiger charge is -2.08. The van der Waals surface area contributed by atoms with Gasteiger partial charge in [-0.05, 0) is 36.2 Å². The minimum absolute atomic E-state index is 0.267. The number of aryl methyl sites for hydroxylation is 1. The molecular formula is C17H16FNO. The number of benzene rings is 2. The monoisotopic (exact) mass is 269 g/mol. The summed E-state index contributed by atoms with van der Waals surface area (Å²) >= 11 is 0. The molecular weight excluding hydrogens is 253 g/mol. The molecule has 0 aliphatic carbocycles. The first kappa shape index (κ1) is 14.1. The van der Waals surface area contributed by atoms with Crippen molar-refractivity contribution >= 4 is 0 Å². The van der Waals surface area contributed by atoms with Crippen LogP contribution in [0.3, 0.4) is 0 Å². The normalized spacial score (nSPS) is 9.75. The molecule has 0 spiro atoms. The summed E-state index contributed by atoms with van der Waals surface area (Å²) in [5.41, 5.74) is 7.73. The molecule has 2 rings (SSSR count). The van der Waals surface area contributed by atoms with Gasteiger partial charge in [0.25, 0.3) is 0 Å². The Labute approximate surface area is 118 Å². The van der Waals surface area contributed by atoms with Gasteiger partial charge in [0.2, 0.25) is 0 Å². The van der Waals surface area contributed by atoms with Gasteiger partial charge in [0.05, 0.1) is 6.54 Å². The van der Waals surface area contributed by atoms with Crippen molar-refractivity contribution in [3.8, 4) is 17.6 Å². The summed E-state index contributed by atoms with van der Waals surface area (Å²) in [6.45, 7) is 2.35. The fourth-order valence-electron chi connectivity index (χ4n) is 1.79. The van der Waals surface area contributed by atoms with Crippen LogP contribution in [0.1, 0.15) is 16.7 Å². The van der Waals surface area contributed by atoms with Crippen LogP contribution in [0, 0.1) is 24.6 Å². The van der Waals surface area contributed by atoms with Crippen LogP contribution < -0.4 is 10.5 Å². The molecule has 2 N–H and O–H groups in total. The molecule has 0 heterocycles. The van der Waals surface area contributed by atoms with Gasteiger partial charge < -0.3 is 10.5 Å². The zero-order valence-corrected chi connectivity index (χ0v) is 11.3. The number of nitrogens with two attached hydrogens (primary N) is 1. The highest BCUT2D eigenvalue weighted by Crippen LogP contribution is 2.20. The molecule has 0 atom stereocenters. The number of hydrogen-bond acceptors (Lipinski definition) is 2. The maximum Gasteiger partial charge on any atom is 0.167 e. The Morgan fingerprint density at radius 1 is 1.20 bits per heavy atom. The molecule has 0 radical (unpaired) electrons. The minimum atomic E-state index is -0.313. The number of ether oxygens (including phenoxy) is 1. The number of hydrogen-bond donors (Lipinski definition) is 1. The van der Waals surface area contributed by atoms with Gasteiger partial charge in [-0.3, -0.25) is 0 Å². The van der Waals surface area contributed by atoms with E-state index >= 15 is 0 Å². The summed E-state index contributed by atoms with van der Waals surface area (Å²) in [5, 5.41) is 0. The Kier molecular flexibility index (Phi) is 4.75. The second kappa shape index (κ2) is 6.74. The second-order valence-electron chi connectivity index (χ2n) is 4.38. The van der Waals surface area contributed by atoms with Crippen LogP contribution in [-0.2, 0) is 6.61 Å². The van der Waals surface area contributed by atoms with Gasteiger partial charge in [0.15, 0.2) is 11.6 Å². The Hall–Kier alpha value is -2.31. The molecule has 0 aliphatic heterocycles. The standard InChI is InChI=1S/C17H16FNO/c1-13-5-2-9-16(17(13)18)20-12-15-7-3-6-14(11-15)8-4-10-19/h2-3,5-7,9,11H,10,12,19H2,1H3. The van der Waals surface area contributed by atoms with E-state index in [1.165, 1.54) is 0 Å². The highest BCUT2D eigenvalue weighted by atomic mass is 19.1. The summed E-state index contributed by atoms with van der Waals surface area (Å²) in [5.74, 6) is 5.71. The highest BCUT2D eigenvalue weighted by molar-refractivity contribution is 5.37. The number of halogens is 1. The lowest BCUT2D eigenvalue weighted by molar-refractivity contribution is 0.289. The quantitative estimate of drug-likeness (QED) is 0.869. The largest absolute Gasteiger partial charge is 0.486 e. The van der Waals surface area contributed by atoms with Gasteiger partial charge in [-0.15, -0.1) is 0 Å². The molecule has 2 aromatic rings. The van der Waals surface area contributed by atoms with Gasteiger partial charge in [-0.2, -0.15) is 0 Å². The van der Waals surface area contributed by atoms with Crippen molar-refractivity contribution in [2.24, 2.45) is 5.73 Å². The van der Waals surface area contributed by atoms with E-state index in [-0.39, 0.29) is 11.6 Å². The SMILES string of the molecule is Cc1cccc(OCc2cccc(C#CCN)c2)c1F. The van der Waals surface area contributed by atoms with Crippen LogP contribution >= 0.6 is 0 Å². The van der Waals surface area contributed by atoms with Crippen molar-refractivity contribution in [1.82, 2.24) is 0 Å². The molecule has 20 heavy (non-hydrogen) atoms. The maximum atomic E-state index is 13.8. The lowest BCUT2D eigenvalue weighted by Crippen LogP contribution is -1.99. The molecule has 0 aliphatic rings. The molecule has 0 bridgehead atoms. The molecule has 2 nitrogen and oxygen atoms in total. The van der Waals surface area contributed by atoms with Crippen molar-refractivity contribution in [1.29, 1.82) is 0 Å².